The molecule has 1 fully saturated rings. The van der Waals surface area contributed by atoms with Gasteiger partial charge in [0.05, 0.1) is 16.9 Å². The van der Waals surface area contributed by atoms with Gasteiger partial charge >= 0.3 is 6.09 Å². The summed E-state index contributed by atoms with van der Waals surface area (Å²) >= 11 is 6.13. The van der Waals surface area contributed by atoms with Crippen molar-refractivity contribution < 1.29 is 14.7 Å². The van der Waals surface area contributed by atoms with E-state index >= 15 is 0 Å². The summed E-state index contributed by atoms with van der Waals surface area (Å²) in [6, 6.07) is 8.49. The average molecular weight is 462 g/mol. The summed E-state index contributed by atoms with van der Waals surface area (Å²) in [5, 5.41) is 18.9. The molecule has 1 amide bonds. The Morgan fingerprint density at radius 2 is 1.85 bits per heavy atom. The van der Waals surface area contributed by atoms with Gasteiger partial charge in [-0.1, -0.05) is 23.7 Å². The van der Waals surface area contributed by atoms with Crippen LogP contribution in [0.15, 0.2) is 42.7 Å². The van der Waals surface area contributed by atoms with Crippen molar-refractivity contribution in [3.8, 4) is 0 Å². The first-order valence-electron chi connectivity index (χ1n) is 10.7. The second kappa shape index (κ2) is 6.92. The lowest BCUT2D eigenvalue weighted by molar-refractivity contribution is 0.0992. The van der Waals surface area contributed by atoms with E-state index in [-0.39, 0.29) is 11.8 Å². The largest absolute Gasteiger partial charge is 0.464 e. The molecule has 0 radical (unpaired) electrons. The number of anilines is 1. The van der Waals surface area contributed by atoms with E-state index in [0.717, 1.165) is 35.2 Å². The van der Waals surface area contributed by atoms with Gasteiger partial charge in [0.25, 0.3) is 5.91 Å². The molecule has 1 N–H and O–H groups in total. The molecule has 1 saturated carbocycles. The molecule has 1 unspecified atom stereocenters. The smallest absolute Gasteiger partial charge is 0.415 e. The molecular weight excluding hydrogens is 442 g/mol. The minimum absolute atomic E-state index is 0.198. The van der Waals surface area contributed by atoms with Crippen molar-refractivity contribution >= 4 is 34.9 Å². The van der Waals surface area contributed by atoms with Gasteiger partial charge in [0.2, 0.25) is 0 Å². The van der Waals surface area contributed by atoms with Crippen molar-refractivity contribution in [2.45, 2.75) is 38.6 Å². The van der Waals surface area contributed by atoms with Gasteiger partial charge in [-0.25, -0.2) is 4.79 Å². The van der Waals surface area contributed by atoms with E-state index in [4.69, 9.17) is 11.6 Å². The normalized spacial score (nSPS) is 17.7. The van der Waals surface area contributed by atoms with E-state index in [1.54, 1.807) is 23.2 Å². The quantitative estimate of drug-likeness (QED) is 0.465. The third kappa shape index (κ3) is 2.90. The predicted octanol–water partition coefficient (Wildman–Crippen LogP) is 4.95. The number of nitrogens with zero attached hydrogens (tertiary/aromatic N) is 5. The third-order valence-electron chi connectivity index (χ3n) is 6.55. The first-order chi connectivity index (χ1) is 15.8. The molecule has 166 valence electrons. The summed E-state index contributed by atoms with van der Waals surface area (Å²) in [6.45, 7) is 3.77. The maximum Gasteiger partial charge on any atom is 0.415 e. The minimum Gasteiger partial charge on any atom is -0.464 e. The van der Waals surface area contributed by atoms with Crippen LogP contribution in [0.2, 0.25) is 5.02 Å². The van der Waals surface area contributed by atoms with Crippen LogP contribution in [0.1, 0.15) is 63.4 Å². The summed E-state index contributed by atoms with van der Waals surface area (Å²) in [5.41, 5.74) is 4.83. The molecule has 0 spiro atoms. The fraction of sp³-hybridized carbons (Fsp3) is 0.250. The summed E-state index contributed by atoms with van der Waals surface area (Å²) in [4.78, 5) is 27.9. The van der Waals surface area contributed by atoms with Gasteiger partial charge in [-0.2, -0.15) is 0 Å². The molecule has 3 aromatic heterocycles. The predicted molar refractivity (Wildman–Crippen MR) is 122 cm³/mol. The Morgan fingerprint density at radius 3 is 2.52 bits per heavy atom. The molecule has 2 aliphatic rings. The Bertz CT molecular complexity index is 1470. The molecule has 1 aromatic carbocycles. The highest BCUT2D eigenvalue weighted by Crippen LogP contribution is 2.50. The van der Waals surface area contributed by atoms with Crippen LogP contribution in [0, 0.1) is 13.8 Å². The summed E-state index contributed by atoms with van der Waals surface area (Å²) < 4.78 is 3.07. The molecule has 1 aliphatic carbocycles. The van der Waals surface area contributed by atoms with E-state index in [9.17, 15) is 14.7 Å². The first-order valence-corrected chi connectivity index (χ1v) is 11.1. The number of fused-ring (bicyclic) bond motifs is 2. The van der Waals surface area contributed by atoms with Gasteiger partial charge in [-0.05, 0) is 67.5 Å². The maximum absolute atomic E-state index is 14.0. The lowest BCUT2D eigenvalue weighted by atomic mass is 10.0. The van der Waals surface area contributed by atoms with E-state index in [0.29, 0.717) is 27.8 Å². The van der Waals surface area contributed by atoms with Crippen LogP contribution in [0.5, 0.6) is 0 Å². The summed E-state index contributed by atoms with van der Waals surface area (Å²) in [7, 11) is 0. The highest BCUT2D eigenvalue weighted by atomic mass is 35.5. The topological polar surface area (TPSA) is 92.7 Å². The standard InChI is InChI=1S/C24H20ClN5O3/c1-12-9-17(10-28-13(2)26-27-22(12)28)30-20(15-5-7-16(25)8-6-15)21-19(23(30)31)18(14-3-4-14)11-29(21)24(32)33/h5-11,14,20H,3-4H2,1-2H3,(H,32,33). The number of hydrogen-bond donors (Lipinski definition) is 1. The fourth-order valence-electron chi connectivity index (χ4n) is 4.86. The first kappa shape index (κ1) is 20.0. The van der Waals surface area contributed by atoms with E-state index in [2.05, 4.69) is 10.2 Å². The zero-order chi connectivity index (χ0) is 23.0. The minimum atomic E-state index is -1.10. The molecule has 0 bridgehead atoms. The van der Waals surface area contributed by atoms with Crippen molar-refractivity contribution in [1.29, 1.82) is 0 Å². The maximum atomic E-state index is 14.0. The van der Waals surface area contributed by atoms with Crippen LogP contribution in [-0.4, -0.2) is 36.3 Å². The Balaban J connectivity index is 1.62. The van der Waals surface area contributed by atoms with Crippen LogP contribution in [0.3, 0.4) is 0 Å². The van der Waals surface area contributed by atoms with Gasteiger partial charge in [-0.3, -0.25) is 18.7 Å². The van der Waals surface area contributed by atoms with Crippen molar-refractivity contribution in [1.82, 2.24) is 19.2 Å². The molecule has 0 saturated heterocycles. The molecule has 4 heterocycles. The van der Waals surface area contributed by atoms with Crippen molar-refractivity contribution in [2.24, 2.45) is 0 Å². The third-order valence-corrected chi connectivity index (χ3v) is 6.81. The number of rotatable bonds is 3. The van der Waals surface area contributed by atoms with Gasteiger partial charge in [-0.15, -0.1) is 10.2 Å². The molecule has 9 heteroatoms. The number of aromatic nitrogens is 4. The lowest BCUT2D eigenvalue weighted by Gasteiger charge is -2.27. The molecular formula is C24H20ClN5O3. The van der Waals surface area contributed by atoms with Crippen LogP contribution < -0.4 is 4.90 Å². The van der Waals surface area contributed by atoms with Gasteiger partial charge in [0.15, 0.2) is 5.65 Å². The van der Waals surface area contributed by atoms with E-state index in [1.807, 2.05) is 42.6 Å². The summed E-state index contributed by atoms with van der Waals surface area (Å²) in [5.74, 6) is 0.727. The zero-order valence-corrected chi connectivity index (χ0v) is 18.7. The van der Waals surface area contributed by atoms with Crippen LogP contribution in [-0.2, 0) is 0 Å². The molecule has 1 atom stereocenters. The number of carboxylic acid groups (broad SMARTS) is 1. The number of halogens is 1. The second-order valence-corrected chi connectivity index (χ2v) is 9.16. The number of benzene rings is 1. The monoisotopic (exact) mass is 461 g/mol. The summed E-state index contributed by atoms with van der Waals surface area (Å²) in [6.07, 6.45) is 4.28. The second-order valence-electron chi connectivity index (χ2n) is 8.72. The van der Waals surface area contributed by atoms with Crippen LogP contribution in [0.4, 0.5) is 10.5 Å². The number of carbonyl (C=O) groups is 2. The number of aryl methyl sites for hydroxylation is 2. The van der Waals surface area contributed by atoms with Crippen molar-refractivity contribution in [3.05, 3.63) is 81.5 Å². The Kier molecular flexibility index (Phi) is 4.19. The number of hydrogen-bond acceptors (Lipinski definition) is 4. The van der Waals surface area contributed by atoms with E-state index in [1.165, 1.54) is 4.57 Å². The Labute approximate surface area is 194 Å². The van der Waals surface area contributed by atoms with E-state index < -0.39 is 12.1 Å². The molecule has 1 aliphatic heterocycles. The van der Waals surface area contributed by atoms with Crippen molar-refractivity contribution in [2.75, 3.05) is 4.90 Å². The highest BCUT2D eigenvalue weighted by molar-refractivity contribution is 6.30. The average Bonchev–Trinajstić information content (AvgIpc) is 3.34. The highest BCUT2D eigenvalue weighted by Gasteiger charge is 2.47. The molecule has 4 aromatic rings. The number of pyridine rings is 1. The molecule has 33 heavy (non-hydrogen) atoms. The molecule has 8 nitrogen and oxygen atoms in total. The zero-order valence-electron chi connectivity index (χ0n) is 18.0. The fourth-order valence-corrected chi connectivity index (χ4v) is 4.99. The van der Waals surface area contributed by atoms with Gasteiger partial charge < -0.3 is 5.11 Å². The SMILES string of the molecule is Cc1cc(N2C(=O)c3c(C4CC4)cn(C(=O)O)c3C2c2ccc(Cl)cc2)cn2c(C)nnc12. The molecule has 6 rings (SSSR count). The van der Waals surface area contributed by atoms with Crippen LogP contribution >= 0.6 is 11.6 Å². The number of carbonyl (C=O) groups excluding carboxylic acids is 1. The number of amides is 1. The van der Waals surface area contributed by atoms with Gasteiger partial charge in [0, 0.05) is 17.4 Å². The Hall–Kier alpha value is -3.65. The van der Waals surface area contributed by atoms with Crippen molar-refractivity contribution in [3.63, 3.8) is 0 Å². The lowest BCUT2D eigenvalue weighted by Crippen LogP contribution is -2.30. The Morgan fingerprint density at radius 1 is 1.12 bits per heavy atom. The van der Waals surface area contributed by atoms with Gasteiger partial charge in [0.1, 0.15) is 11.9 Å². The van der Waals surface area contributed by atoms with Crippen LogP contribution in [0.25, 0.3) is 5.65 Å².